The van der Waals surface area contributed by atoms with E-state index in [1.165, 1.54) is 5.56 Å². The average Bonchev–Trinajstić information content (AvgIpc) is 3.18. The summed E-state index contributed by atoms with van der Waals surface area (Å²) < 4.78 is 11.7. The van der Waals surface area contributed by atoms with Crippen molar-refractivity contribution in [2.45, 2.75) is 51.0 Å². The first-order valence-corrected chi connectivity index (χ1v) is 10.7. The first-order chi connectivity index (χ1) is 13.9. The van der Waals surface area contributed by atoms with Gasteiger partial charge in [-0.1, -0.05) is 30.3 Å². The third-order valence-corrected chi connectivity index (χ3v) is 5.74. The Hall–Kier alpha value is -1.91. The number of nitrogens with zero attached hydrogens (tertiary/aromatic N) is 2. The van der Waals surface area contributed by atoms with Gasteiger partial charge >= 0.3 is 0 Å². The third-order valence-electron chi connectivity index (χ3n) is 5.74. The van der Waals surface area contributed by atoms with Crippen LogP contribution in [0.4, 0.5) is 0 Å². The summed E-state index contributed by atoms with van der Waals surface area (Å²) in [6, 6.07) is 14.7. The van der Waals surface area contributed by atoms with Crippen LogP contribution in [0.25, 0.3) is 0 Å². The van der Waals surface area contributed by atoms with E-state index in [0.717, 1.165) is 51.1 Å². The molecule has 1 aliphatic heterocycles. The summed E-state index contributed by atoms with van der Waals surface area (Å²) in [5, 5.41) is 0. The molecule has 1 aliphatic rings. The zero-order valence-electron chi connectivity index (χ0n) is 18.4. The van der Waals surface area contributed by atoms with Gasteiger partial charge in [0.05, 0.1) is 11.9 Å². The molecule has 3 rings (SSSR count). The van der Waals surface area contributed by atoms with E-state index in [1.807, 2.05) is 6.07 Å². The van der Waals surface area contributed by atoms with Crippen LogP contribution in [-0.4, -0.2) is 50.5 Å². The number of rotatable bonds is 9. The Morgan fingerprint density at radius 1 is 1.14 bits per heavy atom. The minimum Gasteiger partial charge on any atom is -0.469 e. The molecule has 0 bridgehead atoms. The van der Waals surface area contributed by atoms with Crippen molar-refractivity contribution >= 4 is 6.21 Å². The fourth-order valence-electron chi connectivity index (χ4n) is 4.69. The molecule has 2 unspecified atom stereocenters. The number of aliphatic imine (C=N–C) groups is 1. The van der Waals surface area contributed by atoms with Crippen molar-refractivity contribution in [3.05, 3.63) is 60.1 Å². The van der Waals surface area contributed by atoms with E-state index in [-0.39, 0.29) is 11.0 Å². The van der Waals surface area contributed by atoms with Crippen LogP contribution in [0.2, 0.25) is 0 Å². The van der Waals surface area contributed by atoms with Gasteiger partial charge in [0, 0.05) is 37.2 Å². The van der Waals surface area contributed by atoms with Gasteiger partial charge in [-0.05, 0) is 71.3 Å². The molecule has 0 spiro atoms. The van der Waals surface area contributed by atoms with Gasteiger partial charge in [0.1, 0.15) is 5.76 Å². The molecule has 0 aliphatic carbocycles. The van der Waals surface area contributed by atoms with Gasteiger partial charge in [0.2, 0.25) is 0 Å². The molecule has 1 fully saturated rings. The summed E-state index contributed by atoms with van der Waals surface area (Å²) in [5.41, 5.74) is 1.34. The van der Waals surface area contributed by atoms with Crippen LogP contribution in [0.15, 0.2) is 58.1 Å². The van der Waals surface area contributed by atoms with Gasteiger partial charge in [-0.3, -0.25) is 4.99 Å². The topological polar surface area (TPSA) is 38.0 Å². The first-order valence-electron chi connectivity index (χ1n) is 10.7. The van der Waals surface area contributed by atoms with Gasteiger partial charge in [-0.15, -0.1) is 0 Å². The molecule has 158 valence electrons. The quantitative estimate of drug-likeness (QED) is 0.547. The minimum atomic E-state index is -0.0930. The Balaban J connectivity index is 1.66. The molecule has 1 aromatic heterocycles. The maximum absolute atomic E-state index is 5.97. The highest BCUT2D eigenvalue weighted by atomic mass is 16.5. The smallest absolute Gasteiger partial charge is 0.107 e. The average molecular weight is 397 g/mol. The van der Waals surface area contributed by atoms with E-state index in [4.69, 9.17) is 14.1 Å². The fourth-order valence-corrected chi connectivity index (χ4v) is 4.69. The summed E-state index contributed by atoms with van der Waals surface area (Å²) in [6.07, 6.45) is 8.01. The van der Waals surface area contributed by atoms with E-state index < -0.39 is 0 Å². The predicted octanol–water partition coefficient (Wildman–Crippen LogP) is 5.20. The molecule has 1 aromatic carbocycles. The molecule has 0 N–H and O–H groups in total. The van der Waals surface area contributed by atoms with Crippen LogP contribution in [0.5, 0.6) is 0 Å². The first kappa shape index (κ1) is 21.8. The van der Waals surface area contributed by atoms with Gasteiger partial charge in [0.25, 0.3) is 0 Å². The zero-order valence-corrected chi connectivity index (χ0v) is 18.4. The lowest BCUT2D eigenvalue weighted by atomic mass is 9.74. The number of furan rings is 1. The molecule has 0 amide bonds. The SMILES string of the molecule is CN(C)CC1(C=NCCC(Cc2ccccc2)c2ccco2)CCOC(C)(C)C1. The van der Waals surface area contributed by atoms with Crippen LogP contribution in [-0.2, 0) is 11.2 Å². The van der Waals surface area contributed by atoms with Crippen LogP contribution in [0.1, 0.15) is 50.4 Å². The summed E-state index contributed by atoms with van der Waals surface area (Å²) in [7, 11) is 4.29. The summed E-state index contributed by atoms with van der Waals surface area (Å²) in [4.78, 5) is 7.20. The van der Waals surface area contributed by atoms with Crippen molar-refractivity contribution < 1.29 is 9.15 Å². The molecular formula is C25H36N2O2. The largest absolute Gasteiger partial charge is 0.469 e. The highest BCUT2D eigenvalue weighted by Gasteiger charge is 2.40. The molecule has 1 saturated heterocycles. The lowest BCUT2D eigenvalue weighted by Gasteiger charge is -2.44. The maximum atomic E-state index is 5.97. The molecule has 2 atom stereocenters. The molecule has 4 nitrogen and oxygen atoms in total. The van der Waals surface area contributed by atoms with Gasteiger partial charge in [-0.25, -0.2) is 0 Å². The lowest BCUT2D eigenvalue weighted by molar-refractivity contribution is -0.0887. The Kier molecular flexibility index (Phi) is 7.31. The van der Waals surface area contributed by atoms with Gasteiger partial charge in [-0.2, -0.15) is 0 Å². The second-order valence-electron chi connectivity index (χ2n) is 9.36. The molecule has 4 heteroatoms. The zero-order chi connectivity index (χ0) is 20.7. The van der Waals surface area contributed by atoms with Crippen LogP contribution < -0.4 is 0 Å². The molecule has 2 heterocycles. The molecule has 0 radical (unpaired) electrons. The minimum absolute atomic E-state index is 0.0882. The van der Waals surface area contributed by atoms with Crippen LogP contribution >= 0.6 is 0 Å². The van der Waals surface area contributed by atoms with Crippen molar-refractivity contribution in [3.63, 3.8) is 0 Å². The Morgan fingerprint density at radius 2 is 1.93 bits per heavy atom. The van der Waals surface area contributed by atoms with E-state index in [1.54, 1.807) is 6.26 Å². The van der Waals surface area contributed by atoms with Gasteiger partial charge < -0.3 is 14.1 Å². The van der Waals surface area contributed by atoms with Crippen molar-refractivity contribution in [1.82, 2.24) is 4.90 Å². The Bertz CT molecular complexity index is 752. The summed E-state index contributed by atoms with van der Waals surface area (Å²) >= 11 is 0. The molecule has 29 heavy (non-hydrogen) atoms. The standard InChI is InChI=1S/C25H36N2O2/c1-24(2)18-25(13-16-29-24,20-27(3)4)19-26-14-12-22(23-11-8-15-28-23)17-21-9-6-5-7-10-21/h5-11,15,19,22H,12-14,16-18,20H2,1-4H3. The number of ether oxygens (including phenoxy) is 1. The monoisotopic (exact) mass is 396 g/mol. The maximum Gasteiger partial charge on any atom is 0.107 e. The fraction of sp³-hybridized carbons (Fsp3) is 0.560. The third kappa shape index (κ3) is 6.55. The Labute approximate surface area is 176 Å². The van der Waals surface area contributed by atoms with Gasteiger partial charge in [0.15, 0.2) is 0 Å². The van der Waals surface area contributed by atoms with Crippen molar-refractivity contribution in [2.24, 2.45) is 10.4 Å². The molecule has 2 aromatic rings. The number of hydrogen-bond donors (Lipinski definition) is 0. The highest BCUT2D eigenvalue weighted by Crippen LogP contribution is 2.38. The van der Waals surface area contributed by atoms with Crippen molar-refractivity contribution in [2.75, 3.05) is 33.8 Å². The second kappa shape index (κ2) is 9.73. The van der Waals surface area contributed by atoms with Crippen LogP contribution in [0.3, 0.4) is 0 Å². The van der Waals surface area contributed by atoms with E-state index in [9.17, 15) is 0 Å². The Morgan fingerprint density at radius 3 is 2.59 bits per heavy atom. The van der Waals surface area contributed by atoms with Crippen molar-refractivity contribution in [3.8, 4) is 0 Å². The molecular weight excluding hydrogens is 360 g/mol. The summed E-state index contributed by atoms with van der Waals surface area (Å²) in [5.74, 6) is 1.40. The normalized spacial score (nSPS) is 22.9. The van der Waals surface area contributed by atoms with Crippen LogP contribution in [0, 0.1) is 5.41 Å². The van der Waals surface area contributed by atoms with E-state index in [0.29, 0.717) is 5.92 Å². The second-order valence-corrected chi connectivity index (χ2v) is 9.36. The van der Waals surface area contributed by atoms with Crippen molar-refractivity contribution in [1.29, 1.82) is 0 Å². The predicted molar refractivity (Wildman–Crippen MR) is 120 cm³/mol. The summed E-state index contributed by atoms with van der Waals surface area (Å²) in [6.45, 7) is 7.01. The van der Waals surface area contributed by atoms with E-state index >= 15 is 0 Å². The lowest BCUT2D eigenvalue weighted by Crippen LogP contribution is -2.47. The van der Waals surface area contributed by atoms with E-state index in [2.05, 4.69) is 75.5 Å². The number of hydrogen-bond acceptors (Lipinski definition) is 4. The highest BCUT2D eigenvalue weighted by molar-refractivity contribution is 5.66. The number of benzene rings is 1. The molecule has 0 saturated carbocycles.